The fraction of sp³-hybridized carbons (Fsp3) is 0.714. The fourth-order valence-corrected chi connectivity index (χ4v) is 2.84. The van der Waals surface area contributed by atoms with Gasteiger partial charge in [0.2, 0.25) is 0 Å². The number of hydrogen-bond acceptors (Lipinski definition) is 2. The van der Waals surface area contributed by atoms with Gasteiger partial charge in [-0.15, -0.1) is 11.3 Å². The highest BCUT2D eigenvalue weighted by Gasteiger charge is 2.16. The van der Waals surface area contributed by atoms with Crippen LogP contribution in [0.15, 0.2) is 17.5 Å². The Kier molecular flexibility index (Phi) is 6.74. The van der Waals surface area contributed by atoms with E-state index in [1.165, 1.54) is 24.1 Å². The SMILES string of the molecule is CCCCC(CC)C(O)CCc1cccs1. The summed E-state index contributed by atoms with van der Waals surface area (Å²) in [6.45, 7) is 4.40. The Labute approximate surface area is 104 Å². The van der Waals surface area contributed by atoms with Crippen LogP contribution in [0.3, 0.4) is 0 Å². The van der Waals surface area contributed by atoms with Gasteiger partial charge < -0.3 is 5.11 Å². The molecule has 0 saturated carbocycles. The van der Waals surface area contributed by atoms with Crippen LogP contribution < -0.4 is 0 Å². The zero-order chi connectivity index (χ0) is 11.8. The smallest absolute Gasteiger partial charge is 0.0571 e. The average molecular weight is 240 g/mol. The van der Waals surface area contributed by atoms with Gasteiger partial charge in [0.15, 0.2) is 0 Å². The number of aliphatic hydroxyl groups is 1. The van der Waals surface area contributed by atoms with Crippen molar-refractivity contribution in [3.63, 3.8) is 0 Å². The number of rotatable bonds is 8. The number of hydrogen-bond donors (Lipinski definition) is 1. The summed E-state index contributed by atoms with van der Waals surface area (Å²) < 4.78 is 0. The highest BCUT2D eigenvalue weighted by atomic mass is 32.1. The number of aryl methyl sites for hydroxylation is 1. The molecule has 2 heteroatoms. The van der Waals surface area contributed by atoms with Gasteiger partial charge in [-0.3, -0.25) is 0 Å². The van der Waals surface area contributed by atoms with Crippen molar-refractivity contribution < 1.29 is 5.11 Å². The largest absolute Gasteiger partial charge is 0.393 e. The third-order valence-corrected chi connectivity index (χ3v) is 4.20. The van der Waals surface area contributed by atoms with Gasteiger partial charge in [-0.2, -0.15) is 0 Å². The summed E-state index contributed by atoms with van der Waals surface area (Å²) >= 11 is 1.79. The van der Waals surface area contributed by atoms with Gasteiger partial charge in [0.1, 0.15) is 0 Å². The normalized spacial score (nSPS) is 14.9. The van der Waals surface area contributed by atoms with Gasteiger partial charge in [-0.05, 0) is 36.6 Å². The zero-order valence-corrected chi connectivity index (χ0v) is 11.3. The van der Waals surface area contributed by atoms with Crippen LogP contribution >= 0.6 is 11.3 Å². The molecule has 0 aliphatic carbocycles. The zero-order valence-electron chi connectivity index (χ0n) is 10.5. The van der Waals surface area contributed by atoms with E-state index < -0.39 is 0 Å². The molecule has 2 atom stereocenters. The lowest BCUT2D eigenvalue weighted by molar-refractivity contribution is 0.0907. The van der Waals surface area contributed by atoms with Crippen LogP contribution in [0.2, 0.25) is 0 Å². The molecule has 1 aromatic rings. The summed E-state index contributed by atoms with van der Waals surface area (Å²) in [4.78, 5) is 1.39. The molecule has 1 nitrogen and oxygen atoms in total. The minimum absolute atomic E-state index is 0.112. The number of thiophene rings is 1. The van der Waals surface area contributed by atoms with Gasteiger partial charge in [0, 0.05) is 4.88 Å². The predicted octanol–water partition coefficient (Wildman–Crippen LogP) is 4.26. The van der Waals surface area contributed by atoms with Crippen molar-refractivity contribution >= 4 is 11.3 Å². The van der Waals surface area contributed by atoms with Gasteiger partial charge in [0.05, 0.1) is 6.10 Å². The lowest BCUT2D eigenvalue weighted by Crippen LogP contribution is -2.20. The van der Waals surface area contributed by atoms with Crippen LogP contribution in [0.1, 0.15) is 50.8 Å². The monoisotopic (exact) mass is 240 g/mol. The summed E-state index contributed by atoms with van der Waals surface area (Å²) in [5, 5.41) is 12.2. The van der Waals surface area contributed by atoms with Crippen molar-refractivity contribution in [3.8, 4) is 0 Å². The Bertz CT molecular complexity index is 256. The Balaban J connectivity index is 2.28. The molecule has 0 aliphatic rings. The number of aliphatic hydroxyl groups excluding tert-OH is 1. The molecule has 1 heterocycles. The maximum absolute atomic E-state index is 10.1. The first-order chi connectivity index (χ1) is 7.77. The van der Waals surface area contributed by atoms with Gasteiger partial charge in [0.25, 0.3) is 0 Å². The van der Waals surface area contributed by atoms with E-state index in [2.05, 4.69) is 31.4 Å². The van der Waals surface area contributed by atoms with Crippen LogP contribution in [0.25, 0.3) is 0 Å². The van der Waals surface area contributed by atoms with E-state index in [1.54, 1.807) is 11.3 Å². The lowest BCUT2D eigenvalue weighted by atomic mass is 9.91. The number of unbranched alkanes of at least 4 members (excludes halogenated alkanes) is 1. The molecule has 0 fully saturated rings. The summed E-state index contributed by atoms with van der Waals surface area (Å²) in [5.41, 5.74) is 0. The fourth-order valence-electron chi connectivity index (χ4n) is 2.12. The molecule has 1 rings (SSSR count). The Morgan fingerprint density at radius 3 is 2.69 bits per heavy atom. The molecule has 0 aliphatic heterocycles. The molecular weight excluding hydrogens is 216 g/mol. The van der Waals surface area contributed by atoms with Crippen molar-refractivity contribution in [2.24, 2.45) is 5.92 Å². The summed E-state index contributed by atoms with van der Waals surface area (Å²) in [6.07, 6.45) is 6.59. The van der Waals surface area contributed by atoms with Crippen LogP contribution in [0, 0.1) is 5.92 Å². The topological polar surface area (TPSA) is 20.2 Å². The summed E-state index contributed by atoms with van der Waals surface area (Å²) in [5.74, 6) is 0.500. The molecule has 0 radical (unpaired) electrons. The molecule has 2 unspecified atom stereocenters. The van der Waals surface area contributed by atoms with E-state index >= 15 is 0 Å². The second-order valence-electron chi connectivity index (χ2n) is 4.50. The van der Waals surface area contributed by atoms with Crippen molar-refractivity contribution in [1.82, 2.24) is 0 Å². The Morgan fingerprint density at radius 2 is 2.12 bits per heavy atom. The standard InChI is InChI=1S/C14H24OS/c1-3-5-7-12(4-2)14(15)10-9-13-8-6-11-16-13/h6,8,11-12,14-15H,3-5,7,9-10H2,1-2H3. The van der Waals surface area contributed by atoms with Crippen molar-refractivity contribution in [2.75, 3.05) is 0 Å². The molecule has 0 bridgehead atoms. The minimum Gasteiger partial charge on any atom is -0.393 e. The predicted molar refractivity (Wildman–Crippen MR) is 72.0 cm³/mol. The summed E-state index contributed by atoms with van der Waals surface area (Å²) in [6, 6.07) is 4.24. The quantitative estimate of drug-likeness (QED) is 0.720. The first-order valence-electron chi connectivity index (χ1n) is 6.48. The van der Waals surface area contributed by atoms with Crippen molar-refractivity contribution in [2.45, 2.75) is 58.5 Å². The highest BCUT2D eigenvalue weighted by Crippen LogP contribution is 2.21. The molecule has 92 valence electrons. The van der Waals surface area contributed by atoms with Crippen molar-refractivity contribution in [1.29, 1.82) is 0 Å². The van der Waals surface area contributed by atoms with E-state index in [0.29, 0.717) is 5.92 Å². The van der Waals surface area contributed by atoms with Crippen LogP contribution in [0.4, 0.5) is 0 Å². The van der Waals surface area contributed by atoms with E-state index in [0.717, 1.165) is 19.3 Å². The molecule has 0 aromatic carbocycles. The van der Waals surface area contributed by atoms with Gasteiger partial charge in [-0.25, -0.2) is 0 Å². The second-order valence-corrected chi connectivity index (χ2v) is 5.53. The third-order valence-electron chi connectivity index (χ3n) is 3.26. The Hall–Kier alpha value is -0.340. The minimum atomic E-state index is -0.112. The summed E-state index contributed by atoms with van der Waals surface area (Å²) in [7, 11) is 0. The van der Waals surface area contributed by atoms with E-state index in [-0.39, 0.29) is 6.10 Å². The van der Waals surface area contributed by atoms with Gasteiger partial charge >= 0.3 is 0 Å². The van der Waals surface area contributed by atoms with Crippen molar-refractivity contribution in [3.05, 3.63) is 22.4 Å². The van der Waals surface area contributed by atoms with Crippen LogP contribution in [0.5, 0.6) is 0 Å². The van der Waals surface area contributed by atoms with Crippen LogP contribution in [-0.4, -0.2) is 11.2 Å². The second kappa shape index (κ2) is 7.86. The highest BCUT2D eigenvalue weighted by molar-refractivity contribution is 7.09. The van der Waals surface area contributed by atoms with E-state index in [9.17, 15) is 5.11 Å². The average Bonchev–Trinajstić information content (AvgIpc) is 2.80. The molecule has 0 spiro atoms. The molecular formula is C14H24OS. The Morgan fingerprint density at radius 1 is 1.31 bits per heavy atom. The molecule has 0 saturated heterocycles. The lowest BCUT2D eigenvalue weighted by Gasteiger charge is -2.21. The maximum Gasteiger partial charge on any atom is 0.0571 e. The molecule has 1 aromatic heterocycles. The van der Waals surface area contributed by atoms with Gasteiger partial charge in [-0.1, -0.05) is 39.2 Å². The van der Waals surface area contributed by atoms with E-state index in [1.807, 2.05) is 0 Å². The third kappa shape index (κ3) is 4.67. The first kappa shape index (κ1) is 13.7. The van der Waals surface area contributed by atoms with Crippen LogP contribution in [-0.2, 0) is 6.42 Å². The maximum atomic E-state index is 10.1. The first-order valence-corrected chi connectivity index (χ1v) is 7.36. The van der Waals surface area contributed by atoms with E-state index in [4.69, 9.17) is 0 Å². The molecule has 1 N–H and O–H groups in total. The molecule has 0 amide bonds. The molecule has 16 heavy (non-hydrogen) atoms.